The molecule has 3 atom stereocenters. The number of benzene rings is 4. The molecule has 0 bridgehead atoms. The molecular formula is C41H40O9. The summed E-state index contributed by atoms with van der Waals surface area (Å²) < 4.78 is 0. The number of hydrogen-bond donors (Lipinski definition) is 8. The monoisotopic (exact) mass is 676 g/mol. The van der Waals surface area contributed by atoms with E-state index in [4.69, 9.17) is 0 Å². The second-order valence-electron chi connectivity index (χ2n) is 13.0. The zero-order chi connectivity index (χ0) is 36.4. The molecule has 0 fully saturated rings. The summed E-state index contributed by atoms with van der Waals surface area (Å²) in [6.45, 7) is 9.73. The maximum atomic E-state index is 14.8. The van der Waals surface area contributed by atoms with E-state index in [2.05, 4.69) is 6.58 Å². The van der Waals surface area contributed by atoms with Gasteiger partial charge in [-0.25, -0.2) is 0 Å². The highest BCUT2D eigenvalue weighted by atomic mass is 16.3. The number of Topliss-reactive ketones (excluding diaryl/α,β-unsaturated/α-hetero) is 1. The lowest BCUT2D eigenvalue weighted by Crippen LogP contribution is -2.31. The first kappa shape index (κ1) is 35.2. The average Bonchev–Trinajstić information content (AvgIpc) is 3.03. The first-order valence-corrected chi connectivity index (χ1v) is 16.1. The summed E-state index contributed by atoms with van der Waals surface area (Å²) in [5.41, 5.74) is 2.02. The van der Waals surface area contributed by atoms with E-state index in [0.717, 1.165) is 5.57 Å². The second-order valence-corrected chi connectivity index (χ2v) is 13.0. The van der Waals surface area contributed by atoms with Crippen molar-refractivity contribution in [2.45, 2.75) is 39.0 Å². The molecule has 50 heavy (non-hydrogen) atoms. The van der Waals surface area contributed by atoms with Crippen LogP contribution in [0.15, 0.2) is 91.0 Å². The van der Waals surface area contributed by atoms with Gasteiger partial charge in [0.25, 0.3) is 0 Å². The van der Waals surface area contributed by atoms with Gasteiger partial charge in [0.05, 0.1) is 11.1 Å². The van der Waals surface area contributed by atoms with Gasteiger partial charge in [0.2, 0.25) is 0 Å². The van der Waals surface area contributed by atoms with Crippen molar-refractivity contribution in [2.24, 2.45) is 11.8 Å². The number of ketones is 1. The van der Waals surface area contributed by atoms with Crippen LogP contribution in [0.2, 0.25) is 0 Å². The Morgan fingerprint density at radius 2 is 1.40 bits per heavy atom. The molecule has 5 rings (SSSR count). The van der Waals surface area contributed by atoms with Crippen molar-refractivity contribution in [3.63, 3.8) is 0 Å². The van der Waals surface area contributed by atoms with Crippen LogP contribution in [0.4, 0.5) is 0 Å². The highest BCUT2D eigenvalue weighted by Crippen LogP contribution is 2.54. The number of phenols is 8. The Balaban J connectivity index is 1.68. The van der Waals surface area contributed by atoms with Gasteiger partial charge < -0.3 is 40.9 Å². The van der Waals surface area contributed by atoms with Gasteiger partial charge in [-0.3, -0.25) is 4.79 Å². The van der Waals surface area contributed by atoms with Gasteiger partial charge in [-0.1, -0.05) is 62.4 Å². The molecule has 0 saturated heterocycles. The number of rotatable bonds is 9. The quantitative estimate of drug-likeness (QED) is 0.0490. The van der Waals surface area contributed by atoms with Crippen molar-refractivity contribution in [1.29, 1.82) is 0 Å². The minimum Gasteiger partial charge on any atom is -0.508 e. The fourth-order valence-corrected chi connectivity index (χ4v) is 6.53. The maximum absolute atomic E-state index is 14.8. The van der Waals surface area contributed by atoms with Crippen LogP contribution in [-0.2, 0) is 0 Å². The summed E-state index contributed by atoms with van der Waals surface area (Å²) in [5.74, 6) is -5.38. The van der Waals surface area contributed by atoms with Crippen molar-refractivity contribution in [2.75, 3.05) is 0 Å². The molecule has 1 aliphatic rings. The zero-order valence-corrected chi connectivity index (χ0v) is 27.9. The predicted octanol–water partition coefficient (Wildman–Crippen LogP) is 8.44. The van der Waals surface area contributed by atoms with E-state index in [9.17, 15) is 45.6 Å². The van der Waals surface area contributed by atoms with Gasteiger partial charge in [-0.05, 0) is 72.9 Å². The fourth-order valence-electron chi connectivity index (χ4n) is 6.53. The van der Waals surface area contributed by atoms with Gasteiger partial charge in [0.15, 0.2) is 5.78 Å². The normalized spacial score (nSPS) is 17.8. The van der Waals surface area contributed by atoms with Crippen LogP contribution in [0.3, 0.4) is 0 Å². The molecule has 1 aliphatic carbocycles. The first-order chi connectivity index (χ1) is 23.7. The highest BCUT2D eigenvalue weighted by Gasteiger charge is 2.43. The molecule has 3 unspecified atom stereocenters. The van der Waals surface area contributed by atoms with Crippen LogP contribution in [0.5, 0.6) is 46.0 Å². The van der Waals surface area contributed by atoms with E-state index in [1.807, 2.05) is 20.8 Å². The molecule has 9 heteroatoms. The lowest BCUT2D eigenvalue weighted by atomic mass is 9.65. The lowest BCUT2D eigenvalue weighted by molar-refractivity contribution is 0.0876. The summed E-state index contributed by atoms with van der Waals surface area (Å²) >= 11 is 0. The van der Waals surface area contributed by atoms with E-state index in [0.29, 0.717) is 16.7 Å². The predicted molar refractivity (Wildman–Crippen MR) is 193 cm³/mol. The third-order valence-electron chi connectivity index (χ3n) is 9.00. The topological polar surface area (TPSA) is 179 Å². The molecule has 9 nitrogen and oxygen atoms in total. The number of carbonyl (C=O) groups excluding carboxylic acids is 1. The molecule has 0 radical (unpaired) electrons. The van der Waals surface area contributed by atoms with Crippen LogP contribution in [-0.4, -0.2) is 46.6 Å². The molecule has 0 heterocycles. The van der Waals surface area contributed by atoms with Gasteiger partial charge in [0, 0.05) is 46.6 Å². The van der Waals surface area contributed by atoms with Crippen molar-refractivity contribution < 1.29 is 45.6 Å². The minimum atomic E-state index is -1.11. The summed E-state index contributed by atoms with van der Waals surface area (Å²) in [5, 5.41) is 85.9. The Hall–Kier alpha value is -6.09. The fraction of sp³-hybridized carbons (Fsp3) is 0.195. The Bertz CT molecular complexity index is 2070. The maximum Gasteiger partial charge on any atom is 0.171 e. The molecular weight excluding hydrogens is 636 g/mol. The second kappa shape index (κ2) is 14.2. The smallest absolute Gasteiger partial charge is 0.171 e. The highest BCUT2D eigenvalue weighted by molar-refractivity contribution is 6.03. The summed E-state index contributed by atoms with van der Waals surface area (Å²) in [6.07, 6.45) is 8.45. The molecule has 4 aromatic carbocycles. The SMILES string of the molecule is C=C(/C=C/c1ccc(O)cc1O)c1ccc(O)c(C2C=C(C)CC(c3ccc(O)cc3O)C2C(=O)c2ccc(O)c(/C=C/C(C)C)c2O)c1O. The Kier molecular flexibility index (Phi) is 9.99. The number of carbonyl (C=O) groups is 1. The summed E-state index contributed by atoms with van der Waals surface area (Å²) in [4.78, 5) is 14.8. The van der Waals surface area contributed by atoms with Crippen molar-refractivity contribution in [3.8, 4) is 46.0 Å². The summed E-state index contributed by atoms with van der Waals surface area (Å²) in [6, 6.07) is 13.7. The zero-order valence-electron chi connectivity index (χ0n) is 27.9. The van der Waals surface area contributed by atoms with Crippen LogP contribution < -0.4 is 0 Å². The van der Waals surface area contributed by atoms with Crippen molar-refractivity contribution >= 4 is 23.5 Å². The van der Waals surface area contributed by atoms with Crippen molar-refractivity contribution in [1.82, 2.24) is 0 Å². The van der Waals surface area contributed by atoms with E-state index in [1.54, 1.807) is 24.3 Å². The molecule has 0 saturated carbocycles. The number of allylic oxidation sites excluding steroid dienone is 5. The number of phenolic OH excluding ortho intramolecular Hbond substituents is 8. The Morgan fingerprint density at radius 1 is 0.760 bits per heavy atom. The van der Waals surface area contributed by atoms with Crippen molar-refractivity contribution in [3.05, 3.63) is 124 Å². The van der Waals surface area contributed by atoms with Crippen LogP contribution in [0.25, 0.3) is 17.7 Å². The lowest BCUT2D eigenvalue weighted by Gasteiger charge is -2.37. The molecule has 4 aromatic rings. The van der Waals surface area contributed by atoms with Gasteiger partial charge in [-0.2, -0.15) is 0 Å². The van der Waals surface area contributed by atoms with Gasteiger partial charge in [0.1, 0.15) is 46.0 Å². The number of hydrogen-bond acceptors (Lipinski definition) is 9. The van der Waals surface area contributed by atoms with Gasteiger partial charge in [-0.15, -0.1) is 0 Å². The van der Waals surface area contributed by atoms with E-state index in [1.165, 1.54) is 66.7 Å². The third-order valence-corrected chi connectivity index (χ3v) is 9.00. The van der Waals surface area contributed by atoms with E-state index >= 15 is 0 Å². The molecule has 0 spiro atoms. The molecule has 0 aromatic heterocycles. The molecule has 258 valence electrons. The average molecular weight is 677 g/mol. The first-order valence-electron chi connectivity index (χ1n) is 16.1. The van der Waals surface area contributed by atoms with Crippen LogP contribution >= 0.6 is 0 Å². The van der Waals surface area contributed by atoms with Crippen LogP contribution in [0, 0.1) is 11.8 Å². The summed E-state index contributed by atoms with van der Waals surface area (Å²) in [7, 11) is 0. The third kappa shape index (κ3) is 7.03. The number of aromatic hydroxyl groups is 8. The molecule has 0 amide bonds. The molecule has 8 N–H and O–H groups in total. The van der Waals surface area contributed by atoms with E-state index in [-0.39, 0.29) is 74.8 Å². The minimum absolute atomic E-state index is 0.0170. The van der Waals surface area contributed by atoms with Crippen LogP contribution in [0.1, 0.15) is 77.2 Å². The Labute approximate surface area is 290 Å². The standard InChI is InChI=1S/C41H40O9/c1-21(2)5-11-29-33(44)15-14-30(39(29)48)41(50)37-31(28-12-10-26(43)20-36(28)47)17-22(3)18-32(37)38-34(45)16-13-27(40(38)49)23(4)6-7-24-8-9-25(42)19-35(24)46/h5-16,18-21,31-32,37,42-49H,4,17H2,1-3H3/b7-6+,11-5+. The van der Waals surface area contributed by atoms with Gasteiger partial charge >= 0.3 is 0 Å². The Morgan fingerprint density at radius 3 is 2.06 bits per heavy atom. The van der Waals surface area contributed by atoms with E-state index < -0.39 is 29.3 Å². The largest absolute Gasteiger partial charge is 0.508 e. The molecule has 0 aliphatic heterocycles.